The van der Waals surface area contributed by atoms with Crippen LogP contribution in [0.3, 0.4) is 0 Å². The van der Waals surface area contributed by atoms with E-state index < -0.39 is 31.8 Å². The van der Waals surface area contributed by atoms with Crippen molar-refractivity contribution in [2.24, 2.45) is 0 Å². The van der Waals surface area contributed by atoms with Crippen LogP contribution in [-0.4, -0.2) is 39.8 Å². The van der Waals surface area contributed by atoms with Crippen LogP contribution in [0.15, 0.2) is 82.6 Å². The number of rotatable bonds is 6. The molecule has 4 rings (SSSR count). The minimum absolute atomic E-state index is 0.0738. The van der Waals surface area contributed by atoms with Crippen LogP contribution < -0.4 is 5.32 Å². The lowest BCUT2D eigenvalue weighted by molar-refractivity contribution is 0.0939. The highest BCUT2D eigenvalue weighted by molar-refractivity contribution is 7.90. The fourth-order valence-corrected chi connectivity index (χ4v) is 6.08. The molecule has 0 radical (unpaired) electrons. The van der Waals surface area contributed by atoms with Gasteiger partial charge in [0.2, 0.25) is 10.0 Å². The van der Waals surface area contributed by atoms with Gasteiger partial charge in [-0.05, 0) is 60.4 Å². The number of sulfonamides is 1. The number of fused-ring (bicyclic) bond motifs is 1. The lowest BCUT2D eigenvalue weighted by Gasteiger charge is -2.28. The second kappa shape index (κ2) is 9.32. The van der Waals surface area contributed by atoms with Crippen molar-refractivity contribution in [3.05, 3.63) is 95.1 Å². The van der Waals surface area contributed by atoms with Gasteiger partial charge in [0.1, 0.15) is 0 Å². The van der Waals surface area contributed by atoms with E-state index >= 15 is 0 Å². The maximum atomic E-state index is 13.3. The van der Waals surface area contributed by atoms with Gasteiger partial charge in [-0.15, -0.1) is 0 Å². The molecule has 9 heteroatoms. The van der Waals surface area contributed by atoms with Crippen molar-refractivity contribution in [1.82, 2.24) is 9.62 Å². The Balaban J connectivity index is 1.50. The number of amides is 1. The zero-order valence-corrected chi connectivity index (χ0v) is 20.6. The average Bonchev–Trinajstić information content (AvgIpc) is 2.83. The van der Waals surface area contributed by atoms with E-state index in [0.717, 1.165) is 22.9 Å². The standard InChI is InChI=1S/C25H26N2O5S2/c1-18(19-10-12-23(13-11-19)33(2,29)30)26-25(28)21-8-5-9-24(16-21)34(31,32)27-15-14-20-6-3-4-7-22(20)17-27/h3-13,16,18H,14-15,17H2,1-2H3,(H,26,28)/t18-/m1/s1. The Morgan fingerprint density at radius 1 is 0.882 bits per heavy atom. The zero-order chi connectivity index (χ0) is 24.5. The number of carbonyl (C=O) groups is 1. The van der Waals surface area contributed by atoms with Gasteiger partial charge in [0.15, 0.2) is 9.84 Å². The highest BCUT2D eigenvalue weighted by Crippen LogP contribution is 2.25. The zero-order valence-electron chi connectivity index (χ0n) is 18.9. The average molecular weight is 499 g/mol. The Kier molecular flexibility index (Phi) is 6.62. The minimum Gasteiger partial charge on any atom is -0.346 e. The number of hydrogen-bond acceptors (Lipinski definition) is 5. The quantitative estimate of drug-likeness (QED) is 0.562. The lowest BCUT2D eigenvalue weighted by atomic mass is 10.0. The van der Waals surface area contributed by atoms with E-state index in [0.29, 0.717) is 19.5 Å². The number of nitrogens with zero attached hydrogens (tertiary/aromatic N) is 1. The summed E-state index contributed by atoms with van der Waals surface area (Å²) in [4.78, 5) is 13.1. The molecule has 0 aromatic heterocycles. The molecule has 0 saturated heterocycles. The Hall–Kier alpha value is -3.01. The summed E-state index contributed by atoms with van der Waals surface area (Å²) in [6.45, 7) is 2.46. The SMILES string of the molecule is C[C@@H](NC(=O)c1cccc(S(=O)(=O)N2CCc3ccccc3C2)c1)c1ccc(S(C)(=O)=O)cc1. The molecule has 34 heavy (non-hydrogen) atoms. The molecule has 0 bridgehead atoms. The smallest absolute Gasteiger partial charge is 0.251 e. The first-order valence-electron chi connectivity index (χ1n) is 10.8. The fourth-order valence-electron chi connectivity index (χ4n) is 3.99. The molecule has 1 N–H and O–H groups in total. The van der Waals surface area contributed by atoms with Crippen molar-refractivity contribution in [3.8, 4) is 0 Å². The maximum absolute atomic E-state index is 13.3. The van der Waals surface area contributed by atoms with E-state index in [4.69, 9.17) is 0 Å². The molecule has 0 spiro atoms. The number of nitrogens with one attached hydrogen (secondary N) is 1. The summed E-state index contributed by atoms with van der Waals surface area (Å²) in [5.74, 6) is -0.416. The molecule has 0 aliphatic carbocycles. The predicted molar refractivity (Wildman–Crippen MR) is 130 cm³/mol. The van der Waals surface area contributed by atoms with Gasteiger partial charge in [0, 0.05) is 24.9 Å². The summed E-state index contributed by atoms with van der Waals surface area (Å²) >= 11 is 0. The predicted octanol–water partition coefficient (Wildman–Crippen LogP) is 3.33. The first kappa shape index (κ1) is 24.1. The second-order valence-corrected chi connectivity index (χ2v) is 12.4. The van der Waals surface area contributed by atoms with Gasteiger partial charge in [-0.2, -0.15) is 4.31 Å². The lowest BCUT2D eigenvalue weighted by Crippen LogP contribution is -2.36. The van der Waals surface area contributed by atoms with E-state index in [1.807, 2.05) is 24.3 Å². The number of hydrogen-bond donors (Lipinski definition) is 1. The minimum atomic E-state index is -3.76. The third-order valence-electron chi connectivity index (χ3n) is 5.99. The topological polar surface area (TPSA) is 101 Å². The van der Waals surface area contributed by atoms with Crippen molar-refractivity contribution in [2.45, 2.75) is 35.7 Å². The monoisotopic (exact) mass is 498 g/mol. The van der Waals surface area contributed by atoms with Gasteiger partial charge in [0.05, 0.1) is 15.8 Å². The van der Waals surface area contributed by atoms with Crippen LogP contribution in [0.2, 0.25) is 0 Å². The molecule has 1 heterocycles. The van der Waals surface area contributed by atoms with E-state index in [1.54, 1.807) is 31.2 Å². The third kappa shape index (κ3) is 5.06. The van der Waals surface area contributed by atoms with Crippen LogP contribution in [0, 0.1) is 0 Å². The third-order valence-corrected chi connectivity index (χ3v) is 8.96. The number of sulfone groups is 1. The molecule has 178 valence electrons. The highest BCUT2D eigenvalue weighted by atomic mass is 32.2. The Bertz CT molecular complexity index is 1430. The molecule has 1 aliphatic rings. The summed E-state index contributed by atoms with van der Waals surface area (Å²) in [6.07, 6.45) is 1.78. The van der Waals surface area contributed by atoms with Gasteiger partial charge in [0.25, 0.3) is 5.91 Å². The number of carbonyl (C=O) groups excluding carboxylic acids is 1. The van der Waals surface area contributed by atoms with Crippen LogP contribution in [0.4, 0.5) is 0 Å². The number of benzene rings is 3. The van der Waals surface area contributed by atoms with Gasteiger partial charge < -0.3 is 5.32 Å². The molecule has 3 aromatic rings. The molecular formula is C25H26N2O5S2. The Morgan fingerprint density at radius 2 is 1.56 bits per heavy atom. The van der Waals surface area contributed by atoms with Crippen molar-refractivity contribution < 1.29 is 21.6 Å². The molecule has 1 amide bonds. The van der Waals surface area contributed by atoms with Crippen molar-refractivity contribution in [3.63, 3.8) is 0 Å². The summed E-state index contributed by atoms with van der Waals surface area (Å²) in [5.41, 5.74) is 3.11. The molecule has 1 aliphatic heterocycles. The molecular weight excluding hydrogens is 472 g/mol. The molecule has 0 saturated carbocycles. The van der Waals surface area contributed by atoms with E-state index in [2.05, 4.69) is 5.32 Å². The molecule has 7 nitrogen and oxygen atoms in total. The molecule has 1 atom stereocenters. The van der Waals surface area contributed by atoms with Gasteiger partial charge in [-0.1, -0.05) is 42.5 Å². The summed E-state index contributed by atoms with van der Waals surface area (Å²) in [6, 6.07) is 19.7. The Labute approximate surface area is 200 Å². The van der Waals surface area contributed by atoms with Crippen molar-refractivity contribution >= 4 is 25.8 Å². The van der Waals surface area contributed by atoms with E-state index in [9.17, 15) is 21.6 Å². The fraction of sp³-hybridized carbons (Fsp3) is 0.240. The van der Waals surface area contributed by atoms with Crippen LogP contribution in [-0.2, 0) is 32.8 Å². The van der Waals surface area contributed by atoms with E-state index in [-0.39, 0.29) is 15.4 Å². The molecule has 0 unspecified atom stereocenters. The van der Waals surface area contributed by atoms with Gasteiger partial charge in [-0.25, -0.2) is 16.8 Å². The Morgan fingerprint density at radius 3 is 2.24 bits per heavy atom. The van der Waals surface area contributed by atoms with Crippen LogP contribution in [0.25, 0.3) is 0 Å². The molecule has 0 fully saturated rings. The van der Waals surface area contributed by atoms with Gasteiger partial charge >= 0.3 is 0 Å². The first-order chi connectivity index (χ1) is 16.1. The highest BCUT2D eigenvalue weighted by Gasteiger charge is 2.28. The second-order valence-electron chi connectivity index (χ2n) is 8.42. The first-order valence-corrected chi connectivity index (χ1v) is 14.2. The van der Waals surface area contributed by atoms with Gasteiger partial charge in [-0.3, -0.25) is 4.79 Å². The van der Waals surface area contributed by atoms with Crippen molar-refractivity contribution in [2.75, 3.05) is 12.8 Å². The summed E-state index contributed by atoms with van der Waals surface area (Å²) in [5, 5.41) is 2.85. The maximum Gasteiger partial charge on any atom is 0.251 e. The van der Waals surface area contributed by atoms with E-state index in [1.165, 1.54) is 28.6 Å². The molecule has 3 aromatic carbocycles. The van der Waals surface area contributed by atoms with Crippen LogP contribution in [0.5, 0.6) is 0 Å². The summed E-state index contributed by atoms with van der Waals surface area (Å²) < 4.78 is 51.3. The van der Waals surface area contributed by atoms with Crippen LogP contribution >= 0.6 is 0 Å². The van der Waals surface area contributed by atoms with Crippen molar-refractivity contribution in [1.29, 1.82) is 0 Å². The normalized spacial score (nSPS) is 15.4. The summed E-state index contributed by atoms with van der Waals surface area (Å²) in [7, 11) is -7.07. The largest absolute Gasteiger partial charge is 0.346 e. The van der Waals surface area contributed by atoms with Crippen LogP contribution in [0.1, 0.15) is 40.0 Å².